The Hall–Kier alpha value is -3.92. The van der Waals surface area contributed by atoms with Gasteiger partial charge in [0.15, 0.2) is 17.3 Å². The molecule has 0 amide bonds. The standard InChI is InChI=1S/C22H18N4O5S/c1-13(2)24-22-25(17(11-32-22)19-7-14-5-3-4-6-18(14)31-19)23-10-15-8-20-21(30-12-29-20)9-16(15)26(27)28/h3-11,13H,12H2,1-2H3. The van der Waals surface area contributed by atoms with E-state index in [4.69, 9.17) is 13.9 Å². The van der Waals surface area contributed by atoms with Gasteiger partial charge in [-0.05, 0) is 32.0 Å². The third kappa shape index (κ3) is 3.65. The van der Waals surface area contributed by atoms with Gasteiger partial charge in [-0.15, -0.1) is 11.3 Å². The van der Waals surface area contributed by atoms with Crippen LogP contribution in [0.1, 0.15) is 19.4 Å². The van der Waals surface area contributed by atoms with Crippen LogP contribution >= 0.6 is 11.3 Å². The second-order valence-electron chi connectivity index (χ2n) is 7.35. The van der Waals surface area contributed by atoms with Crippen LogP contribution in [0.4, 0.5) is 5.69 Å². The van der Waals surface area contributed by atoms with Crippen LogP contribution < -0.4 is 14.3 Å². The maximum absolute atomic E-state index is 11.6. The molecule has 0 unspecified atom stereocenters. The fourth-order valence-corrected chi connectivity index (χ4v) is 4.28. The predicted octanol–water partition coefficient (Wildman–Crippen LogP) is 4.79. The molecule has 4 aromatic rings. The number of benzene rings is 2. The Morgan fingerprint density at radius 1 is 1.19 bits per heavy atom. The van der Waals surface area contributed by atoms with E-state index in [2.05, 4.69) is 10.1 Å². The maximum Gasteiger partial charge on any atom is 0.282 e. The van der Waals surface area contributed by atoms with Crippen LogP contribution in [0.2, 0.25) is 0 Å². The van der Waals surface area contributed by atoms with E-state index < -0.39 is 4.92 Å². The molecule has 0 fully saturated rings. The second-order valence-corrected chi connectivity index (χ2v) is 8.19. The minimum absolute atomic E-state index is 0.0278. The number of hydrogen-bond donors (Lipinski definition) is 0. The number of para-hydroxylation sites is 1. The van der Waals surface area contributed by atoms with Gasteiger partial charge in [-0.25, -0.2) is 4.68 Å². The van der Waals surface area contributed by atoms with E-state index in [9.17, 15) is 10.1 Å². The first kappa shape index (κ1) is 20.0. The SMILES string of the molecule is CC(C)N=c1scc(-c2cc3ccccc3o2)n1N=Cc1cc2c(cc1[N+](=O)[O-])OCO2. The highest BCUT2D eigenvalue weighted by molar-refractivity contribution is 7.07. The van der Waals surface area contributed by atoms with E-state index in [-0.39, 0.29) is 18.5 Å². The summed E-state index contributed by atoms with van der Waals surface area (Å²) in [7, 11) is 0. The summed E-state index contributed by atoms with van der Waals surface area (Å²) in [6.07, 6.45) is 1.43. The van der Waals surface area contributed by atoms with Gasteiger partial charge in [0, 0.05) is 16.8 Å². The average Bonchev–Trinajstić information content (AvgIpc) is 3.48. The molecule has 0 saturated carbocycles. The van der Waals surface area contributed by atoms with E-state index >= 15 is 0 Å². The van der Waals surface area contributed by atoms with Crippen molar-refractivity contribution in [1.29, 1.82) is 0 Å². The summed E-state index contributed by atoms with van der Waals surface area (Å²) in [6.45, 7) is 3.97. The van der Waals surface area contributed by atoms with E-state index in [0.717, 1.165) is 11.0 Å². The molecule has 0 saturated heterocycles. The van der Waals surface area contributed by atoms with Crippen molar-refractivity contribution in [2.45, 2.75) is 19.9 Å². The van der Waals surface area contributed by atoms with Crippen molar-refractivity contribution in [1.82, 2.24) is 4.68 Å². The third-order valence-corrected chi connectivity index (χ3v) is 5.59. The lowest BCUT2D eigenvalue weighted by Gasteiger charge is -2.03. The first-order valence-electron chi connectivity index (χ1n) is 9.85. The molecule has 0 N–H and O–H groups in total. The normalized spacial score (nSPS) is 13.7. The molecule has 0 atom stereocenters. The third-order valence-electron chi connectivity index (χ3n) is 4.76. The predicted molar refractivity (Wildman–Crippen MR) is 120 cm³/mol. The Morgan fingerprint density at radius 2 is 1.97 bits per heavy atom. The molecule has 9 nitrogen and oxygen atoms in total. The molecule has 0 bridgehead atoms. The zero-order chi connectivity index (χ0) is 22.2. The summed E-state index contributed by atoms with van der Waals surface area (Å²) >= 11 is 1.42. The van der Waals surface area contributed by atoms with Gasteiger partial charge in [0.05, 0.1) is 22.8 Å². The highest BCUT2D eigenvalue weighted by Gasteiger charge is 2.23. The van der Waals surface area contributed by atoms with Crippen LogP contribution in [0.15, 0.2) is 62.4 Å². The molecule has 32 heavy (non-hydrogen) atoms. The zero-order valence-electron chi connectivity index (χ0n) is 17.2. The van der Waals surface area contributed by atoms with Gasteiger partial charge in [0.2, 0.25) is 11.6 Å². The molecular formula is C22H18N4O5S. The van der Waals surface area contributed by atoms with E-state index in [1.807, 2.05) is 49.6 Å². The molecule has 10 heteroatoms. The largest absolute Gasteiger partial charge is 0.454 e. The number of hydrogen-bond acceptors (Lipinski definition) is 8. The molecule has 162 valence electrons. The fraction of sp³-hybridized carbons (Fsp3) is 0.182. The Balaban J connectivity index is 1.64. The fourth-order valence-electron chi connectivity index (χ4n) is 3.33. The van der Waals surface area contributed by atoms with Crippen LogP contribution in [-0.2, 0) is 0 Å². The summed E-state index contributed by atoms with van der Waals surface area (Å²) in [6, 6.07) is 12.6. The molecule has 5 rings (SSSR count). The smallest absolute Gasteiger partial charge is 0.282 e. The van der Waals surface area contributed by atoms with Gasteiger partial charge in [-0.2, -0.15) is 5.10 Å². The molecule has 3 heterocycles. The zero-order valence-corrected chi connectivity index (χ0v) is 18.0. The number of thiazole rings is 1. The van der Waals surface area contributed by atoms with Crippen molar-refractivity contribution >= 4 is 34.2 Å². The summed E-state index contributed by atoms with van der Waals surface area (Å²) in [5.41, 5.74) is 1.63. The minimum Gasteiger partial charge on any atom is -0.454 e. The second kappa shape index (κ2) is 7.97. The van der Waals surface area contributed by atoms with Crippen molar-refractivity contribution in [3.05, 3.63) is 68.3 Å². The number of aromatic nitrogens is 1. The van der Waals surface area contributed by atoms with Gasteiger partial charge in [0.25, 0.3) is 5.69 Å². The summed E-state index contributed by atoms with van der Waals surface area (Å²) in [5.74, 6) is 1.41. The van der Waals surface area contributed by atoms with Crippen molar-refractivity contribution in [2.75, 3.05) is 6.79 Å². The molecule has 1 aliphatic heterocycles. The monoisotopic (exact) mass is 450 g/mol. The number of furan rings is 1. The van der Waals surface area contributed by atoms with Gasteiger partial charge >= 0.3 is 0 Å². The van der Waals surface area contributed by atoms with Crippen molar-refractivity contribution < 1.29 is 18.8 Å². The Bertz CT molecular complexity index is 1400. The molecular weight excluding hydrogens is 432 g/mol. The van der Waals surface area contributed by atoms with Gasteiger partial charge in [-0.3, -0.25) is 15.1 Å². The topological polar surface area (TPSA) is 104 Å². The Labute approximate surface area is 186 Å². The maximum atomic E-state index is 11.6. The first-order chi connectivity index (χ1) is 15.5. The number of nitro benzene ring substituents is 1. The highest BCUT2D eigenvalue weighted by atomic mass is 32.1. The van der Waals surface area contributed by atoms with Crippen LogP contribution in [0, 0.1) is 10.1 Å². The lowest BCUT2D eigenvalue weighted by atomic mass is 10.1. The van der Waals surface area contributed by atoms with Gasteiger partial charge in [-0.1, -0.05) is 18.2 Å². The first-order valence-corrected chi connectivity index (χ1v) is 10.7. The summed E-state index contributed by atoms with van der Waals surface area (Å²) < 4.78 is 18.3. The van der Waals surface area contributed by atoms with Crippen LogP contribution in [0.3, 0.4) is 0 Å². The average molecular weight is 450 g/mol. The number of rotatable bonds is 5. The Kier molecular flexibility index (Phi) is 4.98. The lowest BCUT2D eigenvalue weighted by molar-refractivity contribution is -0.385. The summed E-state index contributed by atoms with van der Waals surface area (Å²) in [4.78, 5) is 16.4. The number of ether oxygens (including phenoxy) is 2. The molecule has 2 aromatic carbocycles. The van der Waals surface area contributed by atoms with Crippen LogP contribution in [-0.4, -0.2) is 28.6 Å². The van der Waals surface area contributed by atoms with Crippen molar-refractivity contribution in [2.24, 2.45) is 10.1 Å². The van der Waals surface area contributed by atoms with Crippen molar-refractivity contribution in [3.63, 3.8) is 0 Å². The van der Waals surface area contributed by atoms with Gasteiger partial charge in [0.1, 0.15) is 11.3 Å². The van der Waals surface area contributed by atoms with E-state index in [1.165, 1.54) is 23.6 Å². The minimum atomic E-state index is -0.471. The van der Waals surface area contributed by atoms with E-state index in [1.54, 1.807) is 10.7 Å². The number of nitrogens with zero attached hydrogens (tertiary/aromatic N) is 4. The Morgan fingerprint density at radius 3 is 2.72 bits per heavy atom. The molecule has 0 radical (unpaired) electrons. The molecule has 0 spiro atoms. The van der Waals surface area contributed by atoms with E-state index in [0.29, 0.717) is 33.3 Å². The quantitative estimate of drug-likeness (QED) is 0.247. The number of fused-ring (bicyclic) bond motifs is 2. The van der Waals surface area contributed by atoms with Gasteiger partial charge < -0.3 is 13.9 Å². The lowest BCUT2D eigenvalue weighted by Crippen LogP contribution is -2.14. The number of nitro groups is 1. The highest BCUT2D eigenvalue weighted by Crippen LogP contribution is 2.37. The molecule has 2 aromatic heterocycles. The molecule has 1 aliphatic rings. The van der Waals surface area contributed by atoms with Crippen LogP contribution in [0.5, 0.6) is 11.5 Å². The van der Waals surface area contributed by atoms with Crippen molar-refractivity contribution in [3.8, 4) is 23.0 Å². The summed E-state index contributed by atoms with van der Waals surface area (Å²) in [5, 5.41) is 19.0. The van der Waals surface area contributed by atoms with Crippen LogP contribution in [0.25, 0.3) is 22.4 Å². The molecule has 0 aliphatic carbocycles.